The molecule has 1 fully saturated rings. The number of ether oxygens (including phenoxy) is 3. The first-order valence-electron chi connectivity index (χ1n) is 14.3. The standard InChI is InChI=1S/C31H37N3O8S2/c1-31(2,3)23-9-14-28-27(21-23)34(44(38,39)25-7-5-4-6-8-25)22-29(42-28)30(35)32-15-18-41-24-10-12-26(13-11-24)43(36,37)33-16-19-40-20-17-33/h4-14,21,29H,15-20,22H2,1-3H3,(H,32,35)/t29-/m1/s1. The largest absolute Gasteiger partial charge is 0.492 e. The highest BCUT2D eigenvalue weighted by molar-refractivity contribution is 7.92. The fraction of sp³-hybridized carbons (Fsp3) is 0.387. The van der Waals surface area contributed by atoms with Crippen molar-refractivity contribution in [2.75, 3.05) is 50.3 Å². The Bertz CT molecular complexity index is 1680. The number of amides is 1. The Balaban J connectivity index is 1.23. The third-order valence-corrected chi connectivity index (χ3v) is 11.1. The van der Waals surface area contributed by atoms with E-state index in [1.807, 2.05) is 26.8 Å². The molecule has 0 unspecified atom stereocenters. The van der Waals surface area contributed by atoms with Crippen molar-refractivity contribution in [3.05, 3.63) is 78.4 Å². The number of rotatable bonds is 9. The molecule has 5 rings (SSSR count). The van der Waals surface area contributed by atoms with Crippen LogP contribution < -0.4 is 19.1 Å². The van der Waals surface area contributed by atoms with Gasteiger partial charge in [0.25, 0.3) is 15.9 Å². The minimum atomic E-state index is -3.99. The maximum absolute atomic E-state index is 13.7. The molecule has 3 aromatic rings. The Hall–Kier alpha value is -3.65. The number of anilines is 1. The van der Waals surface area contributed by atoms with Crippen molar-refractivity contribution in [3.8, 4) is 11.5 Å². The highest BCUT2D eigenvalue weighted by atomic mass is 32.2. The van der Waals surface area contributed by atoms with Crippen molar-refractivity contribution in [3.63, 3.8) is 0 Å². The van der Waals surface area contributed by atoms with E-state index in [9.17, 15) is 21.6 Å². The van der Waals surface area contributed by atoms with Gasteiger partial charge in [0.15, 0.2) is 6.10 Å². The molecule has 1 amide bonds. The first-order valence-corrected chi connectivity index (χ1v) is 17.2. The molecule has 2 aliphatic rings. The molecule has 1 saturated heterocycles. The monoisotopic (exact) mass is 643 g/mol. The second-order valence-electron chi connectivity index (χ2n) is 11.5. The molecule has 44 heavy (non-hydrogen) atoms. The number of hydrogen-bond acceptors (Lipinski definition) is 8. The van der Waals surface area contributed by atoms with Crippen LogP contribution in [0, 0.1) is 0 Å². The highest BCUT2D eigenvalue weighted by Crippen LogP contribution is 2.40. The number of benzene rings is 3. The maximum atomic E-state index is 13.7. The number of morpholine rings is 1. The van der Waals surface area contributed by atoms with E-state index in [4.69, 9.17) is 14.2 Å². The smallest absolute Gasteiger partial charge is 0.264 e. The molecular weight excluding hydrogens is 606 g/mol. The lowest BCUT2D eigenvalue weighted by Gasteiger charge is -2.36. The highest BCUT2D eigenvalue weighted by Gasteiger charge is 2.38. The van der Waals surface area contributed by atoms with Crippen molar-refractivity contribution in [1.82, 2.24) is 9.62 Å². The SMILES string of the molecule is CC(C)(C)c1ccc2c(c1)N(S(=O)(=O)c1ccccc1)C[C@H](C(=O)NCCOc1ccc(S(=O)(=O)N3CCOCC3)cc1)O2. The molecule has 11 nitrogen and oxygen atoms in total. The summed E-state index contributed by atoms with van der Waals surface area (Å²) >= 11 is 0. The molecule has 0 aromatic heterocycles. The normalized spacial score (nSPS) is 17.8. The van der Waals surface area contributed by atoms with E-state index in [0.717, 1.165) is 5.56 Å². The van der Waals surface area contributed by atoms with Gasteiger partial charge in [-0.2, -0.15) is 4.31 Å². The van der Waals surface area contributed by atoms with Crippen molar-refractivity contribution in [2.24, 2.45) is 0 Å². The van der Waals surface area contributed by atoms with Gasteiger partial charge in [-0.15, -0.1) is 0 Å². The zero-order valence-corrected chi connectivity index (χ0v) is 26.6. The van der Waals surface area contributed by atoms with E-state index in [1.165, 1.54) is 32.9 Å². The predicted octanol–water partition coefficient (Wildman–Crippen LogP) is 3.16. The van der Waals surface area contributed by atoms with Crippen molar-refractivity contribution < 1.29 is 35.8 Å². The molecule has 1 N–H and O–H groups in total. The molecule has 3 aromatic carbocycles. The summed E-state index contributed by atoms with van der Waals surface area (Å²) in [7, 11) is -7.60. The minimum Gasteiger partial charge on any atom is -0.492 e. The van der Waals surface area contributed by atoms with Gasteiger partial charge >= 0.3 is 0 Å². The van der Waals surface area contributed by atoms with Gasteiger partial charge in [0, 0.05) is 13.1 Å². The summed E-state index contributed by atoms with van der Waals surface area (Å²) in [6, 6.07) is 19.6. The Morgan fingerprint density at radius 3 is 2.23 bits per heavy atom. The topological polar surface area (TPSA) is 132 Å². The summed E-state index contributed by atoms with van der Waals surface area (Å²) in [4.78, 5) is 13.4. The van der Waals surface area contributed by atoms with Gasteiger partial charge < -0.3 is 19.5 Å². The van der Waals surface area contributed by atoms with Crippen LogP contribution in [0.25, 0.3) is 0 Å². The number of sulfonamides is 2. The van der Waals surface area contributed by atoms with Crippen LogP contribution in [0.2, 0.25) is 0 Å². The lowest BCUT2D eigenvalue weighted by Crippen LogP contribution is -2.51. The van der Waals surface area contributed by atoms with E-state index in [0.29, 0.717) is 43.5 Å². The first-order chi connectivity index (χ1) is 20.9. The van der Waals surface area contributed by atoms with Crippen molar-refractivity contribution in [2.45, 2.75) is 42.1 Å². The molecule has 1 atom stereocenters. The number of nitrogens with zero attached hydrogens (tertiary/aromatic N) is 2. The van der Waals surface area contributed by atoms with Gasteiger partial charge in [0.2, 0.25) is 10.0 Å². The van der Waals surface area contributed by atoms with Gasteiger partial charge in [-0.25, -0.2) is 16.8 Å². The lowest BCUT2D eigenvalue weighted by molar-refractivity contribution is -0.127. The van der Waals surface area contributed by atoms with E-state index in [1.54, 1.807) is 42.5 Å². The summed E-state index contributed by atoms with van der Waals surface area (Å²) in [6.07, 6.45) is -1.09. The Labute approximate surface area is 258 Å². The molecule has 0 saturated carbocycles. The summed E-state index contributed by atoms with van der Waals surface area (Å²) < 4.78 is 72.7. The minimum absolute atomic E-state index is 0.103. The molecular formula is C31H37N3O8S2. The zero-order chi connectivity index (χ0) is 31.5. The third-order valence-electron chi connectivity index (χ3n) is 7.42. The molecule has 0 bridgehead atoms. The van der Waals surface area contributed by atoms with Crippen LogP contribution in [0.3, 0.4) is 0 Å². The summed E-state index contributed by atoms with van der Waals surface area (Å²) in [5.41, 5.74) is 1.08. The number of nitrogens with one attached hydrogen (secondary N) is 1. The molecule has 13 heteroatoms. The quantitative estimate of drug-likeness (QED) is 0.352. The van der Waals surface area contributed by atoms with Crippen molar-refractivity contribution >= 4 is 31.6 Å². The number of carbonyl (C=O) groups excluding carboxylic acids is 1. The van der Waals surface area contributed by atoms with Gasteiger partial charge in [0.05, 0.1) is 41.8 Å². The number of fused-ring (bicyclic) bond motifs is 1. The van der Waals surface area contributed by atoms with Crippen LogP contribution in [0.4, 0.5) is 5.69 Å². The number of hydrogen-bond donors (Lipinski definition) is 1. The Morgan fingerprint density at radius 2 is 1.57 bits per heavy atom. The fourth-order valence-corrected chi connectivity index (χ4v) is 7.80. The average Bonchev–Trinajstić information content (AvgIpc) is 3.02. The van der Waals surface area contributed by atoms with E-state index in [2.05, 4.69) is 5.32 Å². The lowest BCUT2D eigenvalue weighted by atomic mass is 9.86. The second kappa shape index (κ2) is 12.8. The summed E-state index contributed by atoms with van der Waals surface area (Å²) in [5, 5.41) is 2.75. The van der Waals surface area contributed by atoms with Crippen LogP contribution in [-0.2, 0) is 35.0 Å². The summed E-state index contributed by atoms with van der Waals surface area (Å²) in [5.74, 6) is 0.254. The maximum Gasteiger partial charge on any atom is 0.264 e. The fourth-order valence-electron chi connectivity index (χ4n) is 4.90. The molecule has 2 heterocycles. The average molecular weight is 644 g/mol. The van der Waals surface area contributed by atoms with Crippen LogP contribution in [0.15, 0.2) is 82.6 Å². The predicted molar refractivity (Wildman–Crippen MR) is 165 cm³/mol. The Morgan fingerprint density at radius 1 is 0.909 bits per heavy atom. The third kappa shape index (κ3) is 6.85. The van der Waals surface area contributed by atoms with Gasteiger partial charge in [-0.1, -0.05) is 45.0 Å². The molecule has 0 aliphatic carbocycles. The van der Waals surface area contributed by atoms with Crippen LogP contribution >= 0.6 is 0 Å². The molecule has 2 aliphatic heterocycles. The van der Waals surface area contributed by atoms with Crippen LogP contribution in [0.5, 0.6) is 11.5 Å². The van der Waals surface area contributed by atoms with Gasteiger partial charge in [-0.05, 0) is 59.5 Å². The van der Waals surface area contributed by atoms with Gasteiger partial charge in [-0.3, -0.25) is 9.10 Å². The van der Waals surface area contributed by atoms with Crippen molar-refractivity contribution in [1.29, 1.82) is 0 Å². The molecule has 0 radical (unpaired) electrons. The van der Waals surface area contributed by atoms with Crippen LogP contribution in [-0.4, -0.2) is 79.2 Å². The second-order valence-corrected chi connectivity index (χ2v) is 15.3. The molecule has 0 spiro atoms. The van der Waals surface area contributed by atoms with Crippen LogP contribution in [0.1, 0.15) is 26.3 Å². The van der Waals surface area contributed by atoms with E-state index < -0.39 is 32.1 Å². The molecule has 236 valence electrons. The first kappa shape index (κ1) is 31.8. The van der Waals surface area contributed by atoms with E-state index >= 15 is 0 Å². The summed E-state index contributed by atoms with van der Waals surface area (Å²) in [6.45, 7) is 7.47. The van der Waals surface area contributed by atoms with E-state index in [-0.39, 0.29) is 34.9 Å². The zero-order valence-electron chi connectivity index (χ0n) is 24.9. The number of carbonyl (C=O) groups is 1. The van der Waals surface area contributed by atoms with Gasteiger partial charge in [0.1, 0.15) is 18.1 Å². The Kier molecular flexibility index (Phi) is 9.21.